The van der Waals surface area contributed by atoms with Crippen LogP contribution in [0.5, 0.6) is 0 Å². The van der Waals surface area contributed by atoms with Gasteiger partial charge in [-0.25, -0.2) is 0 Å². The predicted molar refractivity (Wildman–Crippen MR) is 23.9 cm³/mol. The van der Waals surface area contributed by atoms with E-state index in [1.165, 1.54) is 0 Å². The average molecular weight is 80.1 g/mol. The van der Waals surface area contributed by atoms with Crippen LogP contribution in [0.25, 0.3) is 0 Å². The fourth-order valence-corrected chi connectivity index (χ4v) is 0. The van der Waals surface area contributed by atoms with Crippen LogP contribution in [-0.4, -0.2) is 11.1 Å². The minimum absolute atomic E-state index is 0.576. The molecule has 0 amide bonds. The molecule has 0 saturated carbocycles. The first-order valence-corrected chi connectivity index (χ1v) is 3.16. The third-order valence-electron chi connectivity index (χ3n) is 0.224. The molecule has 0 spiro atoms. The zero-order valence-electron chi connectivity index (χ0n) is 2.86. The van der Waals surface area contributed by atoms with E-state index in [0.29, 0.717) is 0 Å². The van der Waals surface area contributed by atoms with E-state index in [1.807, 2.05) is 6.92 Å². The molecule has 0 aliphatic heterocycles. The minimum atomic E-state index is -0.576. The SMILES string of the molecule is CC[PH3]O. The van der Waals surface area contributed by atoms with E-state index in [9.17, 15) is 0 Å². The van der Waals surface area contributed by atoms with Crippen LogP contribution in [-0.2, 0) is 0 Å². The Morgan fingerprint density at radius 3 is 2.25 bits per heavy atom. The van der Waals surface area contributed by atoms with Crippen molar-refractivity contribution in [1.29, 1.82) is 0 Å². The van der Waals surface area contributed by atoms with Gasteiger partial charge in [-0.05, 0) is 0 Å². The summed E-state index contributed by atoms with van der Waals surface area (Å²) >= 11 is 0. The number of hydrogen-bond donors (Lipinski definition) is 1. The van der Waals surface area contributed by atoms with Crippen molar-refractivity contribution >= 4 is 8.81 Å². The van der Waals surface area contributed by atoms with E-state index in [2.05, 4.69) is 0 Å². The summed E-state index contributed by atoms with van der Waals surface area (Å²) in [7, 11) is -0.576. The Morgan fingerprint density at radius 2 is 2.25 bits per heavy atom. The van der Waals surface area contributed by atoms with E-state index in [-0.39, 0.29) is 0 Å². The van der Waals surface area contributed by atoms with Gasteiger partial charge in [0.2, 0.25) is 0 Å². The van der Waals surface area contributed by atoms with Gasteiger partial charge in [-0.2, -0.15) is 0 Å². The van der Waals surface area contributed by atoms with E-state index in [0.717, 1.165) is 6.16 Å². The maximum absolute atomic E-state index is 8.01. The molecule has 0 heterocycles. The first-order valence-electron chi connectivity index (χ1n) is 1.52. The molecule has 0 bridgehead atoms. The van der Waals surface area contributed by atoms with Gasteiger partial charge in [0.05, 0.1) is 0 Å². The Hall–Kier alpha value is 0.390. The summed E-state index contributed by atoms with van der Waals surface area (Å²) in [5.74, 6) is 0. The summed E-state index contributed by atoms with van der Waals surface area (Å²) in [5.41, 5.74) is 0. The molecule has 0 aromatic rings. The Bertz CT molecular complexity index is 8.00. The van der Waals surface area contributed by atoms with E-state index in [4.69, 9.17) is 4.89 Å². The van der Waals surface area contributed by atoms with Crippen LogP contribution in [0, 0.1) is 0 Å². The second-order valence-corrected chi connectivity index (χ2v) is 2.17. The molecule has 0 aliphatic carbocycles. The van der Waals surface area contributed by atoms with Crippen molar-refractivity contribution in [2.24, 2.45) is 0 Å². The third kappa shape index (κ3) is 2.39. The van der Waals surface area contributed by atoms with Gasteiger partial charge in [0, 0.05) is 0 Å². The monoisotopic (exact) mass is 80.0 g/mol. The molecule has 0 saturated heterocycles. The molecule has 0 aliphatic rings. The fourth-order valence-electron chi connectivity index (χ4n) is 0. The van der Waals surface area contributed by atoms with Crippen molar-refractivity contribution < 1.29 is 4.89 Å². The van der Waals surface area contributed by atoms with Gasteiger partial charge in [0.25, 0.3) is 0 Å². The molecule has 2 heteroatoms. The predicted octanol–water partition coefficient (Wildman–Crippen LogP) is 0.0567. The van der Waals surface area contributed by atoms with Crippen LogP contribution < -0.4 is 0 Å². The molecular formula is C2H9OP. The van der Waals surface area contributed by atoms with Crippen LogP contribution in [0.15, 0.2) is 0 Å². The zero-order chi connectivity index (χ0) is 3.41. The molecule has 1 N–H and O–H groups in total. The van der Waals surface area contributed by atoms with E-state index >= 15 is 0 Å². The molecule has 1 nitrogen and oxygen atoms in total. The molecule has 4 heavy (non-hydrogen) atoms. The Morgan fingerprint density at radius 1 is 2.00 bits per heavy atom. The Labute approximate surface area is 27.9 Å². The normalized spacial score (nSPS) is 8.50. The van der Waals surface area contributed by atoms with E-state index in [1.54, 1.807) is 0 Å². The first-order chi connectivity index (χ1) is 1.91. The van der Waals surface area contributed by atoms with Gasteiger partial charge in [0.1, 0.15) is 0 Å². The Balaban J connectivity index is 1.97. The Kier molecular flexibility index (Phi) is 3.72. The average Bonchev–Trinajstić information content (AvgIpc) is 1.37. The van der Waals surface area contributed by atoms with Gasteiger partial charge in [0.15, 0.2) is 0 Å². The molecule has 0 aromatic heterocycles. The molecule has 28 valence electrons. The van der Waals surface area contributed by atoms with Crippen molar-refractivity contribution in [3.05, 3.63) is 0 Å². The van der Waals surface area contributed by atoms with Crippen molar-refractivity contribution in [2.75, 3.05) is 6.16 Å². The van der Waals surface area contributed by atoms with Crippen LogP contribution >= 0.6 is 8.81 Å². The second-order valence-electron chi connectivity index (χ2n) is 0.724. The standard InChI is InChI=1S/C2H9OP/c1-2-4-3/h3H,2H2,1,4H3. The van der Waals surface area contributed by atoms with Crippen molar-refractivity contribution in [2.45, 2.75) is 6.92 Å². The third-order valence-corrected chi connectivity index (χ3v) is 0.671. The molecule has 0 fully saturated rings. The van der Waals surface area contributed by atoms with E-state index < -0.39 is 8.81 Å². The molecule has 0 unspecified atom stereocenters. The zero-order valence-corrected chi connectivity index (χ0v) is 4.28. The van der Waals surface area contributed by atoms with Crippen molar-refractivity contribution in [3.8, 4) is 0 Å². The molecular weight excluding hydrogens is 71.0 g/mol. The van der Waals surface area contributed by atoms with Crippen LogP contribution in [0.3, 0.4) is 0 Å². The van der Waals surface area contributed by atoms with Crippen LogP contribution in [0.1, 0.15) is 6.92 Å². The second kappa shape index (κ2) is 3.39. The first kappa shape index (κ1) is 4.39. The van der Waals surface area contributed by atoms with Gasteiger partial charge in [-0.1, -0.05) is 0 Å². The fraction of sp³-hybridized carbons (Fsp3) is 1.00. The number of hydrogen-bond acceptors (Lipinski definition) is 1. The van der Waals surface area contributed by atoms with Crippen LogP contribution in [0.2, 0.25) is 0 Å². The quantitative estimate of drug-likeness (QED) is 0.441. The van der Waals surface area contributed by atoms with Gasteiger partial charge in [-0.3, -0.25) is 0 Å². The van der Waals surface area contributed by atoms with Crippen molar-refractivity contribution in [3.63, 3.8) is 0 Å². The molecule has 0 rings (SSSR count). The summed E-state index contributed by atoms with van der Waals surface area (Å²) in [6.07, 6.45) is 1.01. The van der Waals surface area contributed by atoms with Gasteiger partial charge in [-0.15, -0.1) is 0 Å². The van der Waals surface area contributed by atoms with Gasteiger partial charge < -0.3 is 0 Å². The summed E-state index contributed by atoms with van der Waals surface area (Å²) < 4.78 is 0. The van der Waals surface area contributed by atoms with Crippen LogP contribution in [0.4, 0.5) is 0 Å². The summed E-state index contributed by atoms with van der Waals surface area (Å²) in [5, 5.41) is 0. The van der Waals surface area contributed by atoms with Gasteiger partial charge >= 0.3 is 26.8 Å². The molecule has 0 atom stereocenters. The summed E-state index contributed by atoms with van der Waals surface area (Å²) in [6, 6.07) is 0. The summed E-state index contributed by atoms with van der Waals surface area (Å²) in [6.45, 7) is 1.99. The van der Waals surface area contributed by atoms with Crippen molar-refractivity contribution in [1.82, 2.24) is 0 Å². The summed E-state index contributed by atoms with van der Waals surface area (Å²) in [4.78, 5) is 8.01. The maximum atomic E-state index is 8.01. The topological polar surface area (TPSA) is 20.2 Å². The molecule has 0 aromatic carbocycles. The molecule has 0 radical (unpaired) electrons. The number of rotatable bonds is 1.